The molecule has 10 heteroatoms. The van der Waals surface area contributed by atoms with Gasteiger partial charge in [0.05, 0.1) is 23.4 Å². The predicted molar refractivity (Wildman–Crippen MR) is 111 cm³/mol. The Morgan fingerprint density at radius 3 is 2.50 bits per heavy atom. The number of fused-ring (bicyclic) bond motifs is 1. The van der Waals surface area contributed by atoms with Crippen LogP contribution in [0.5, 0.6) is 0 Å². The number of amides is 2. The van der Waals surface area contributed by atoms with E-state index in [0.29, 0.717) is 5.65 Å². The van der Waals surface area contributed by atoms with Gasteiger partial charge in [-0.3, -0.25) is 9.59 Å². The second-order valence-corrected chi connectivity index (χ2v) is 9.47. The van der Waals surface area contributed by atoms with E-state index in [2.05, 4.69) is 15.4 Å². The number of hydrogen-bond donors (Lipinski definition) is 1. The van der Waals surface area contributed by atoms with E-state index >= 15 is 0 Å². The first-order valence-electron chi connectivity index (χ1n) is 9.54. The molecule has 1 unspecified atom stereocenters. The van der Waals surface area contributed by atoms with Gasteiger partial charge in [0.2, 0.25) is 5.91 Å². The van der Waals surface area contributed by atoms with E-state index in [1.165, 1.54) is 11.1 Å². The van der Waals surface area contributed by atoms with E-state index in [1.54, 1.807) is 17.6 Å². The third-order valence-electron chi connectivity index (χ3n) is 5.09. The van der Waals surface area contributed by atoms with Gasteiger partial charge < -0.3 is 10.2 Å². The third-order valence-corrected chi connectivity index (χ3v) is 6.70. The molecule has 1 aliphatic rings. The number of rotatable bonds is 4. The van der Waals surface area contributed by atoms with Crippen molar-refractivity contribution in [3.8, 4) is 11.3 Å². The van der Waals surface area contributed by atoms with Crippen LogP contribution in [-0.4, -0.2) is 70.4 Å². The van der Waals surface area contributed by atoms with Crippen LogP contribution in [0.1, 0.15) is 17.3 Å². The highest BCUT2D eigenvalue weighted by Gasteiger charge is 2.29. The van der Waals surface area contributed by atoms with Gasteiger partial charge in [0, 0.05) is 24.8 Å². The van der Waals surface area contributed by atoms with Crippen LogP contribution >= 0.6 is 0 Å². The van der Waals surface area contributed by atoms with E-state index in [4.69, 9.17) is 0 Å². The van der Waals surface area contributed by atoms with Gasteiger partial charge in [0.1, 0.15) is 11.6 Å². The van der Waals surface area contributed by atoms with Crippen LogP contribution < -0.4 is 5.32 Å². The molecule has 3 aromatic rings. The number of carbonyl (C=O) groups excluding carboxylic acids is 2. The lowest BCUT2D eigenvalue weighted by Crippen LogP contribution is -2.51. The third kappa shape index (κ3) is 3.90. The zero-order chi connectivity index (χ0) is 21.3. The highest BCUT2D eigenvalue weighted by molar-refractivity contribution is 7.91. The minimum atomic E-state index is -3.09. The number of aromatic nitrogens is 3. The molecule has 2 amide bonds. The van der Waals surface area contributed by atoms with Crippen LogP contribution in [0.25, 0.3) is 16.9 Å². The van der Waals surface area contributed by atoms with Crippen LogP contribution in [0.4, 0.5) is 0 Å². The van der Waals surface area contributed by atoms with Crippen LogP contribution in [0, 0.1) is 0 Å². The van der Waals surface area contributed by atoms with Crippen LogP contribution in [0.2, 0.25) is 0 Å². The molecule has 0 saturated carbocycles. The van der Waals surface area contributed by atoms with Crippen molar-refractivity contribution in [2.75, 3.05) is 24.6 Å². The van der Waals surface area contributed by atoms with Gasteiger partial charge >= 0.3 is 0 Å². The first-order chi connectivity index (χ1) is 14.4. The van der Waals surface area contributed by atoms with Crippen molar-refractivity contribution >= 4 is 27.3 Å². The van der Waals surface area contributed by atoms with E-state index in [0.717, 1.165) is 11.3 Å². The minimum Gasteiger partial charge on any atom is -0.340 e. The molecule has 0 spiro atoms. The highest BCUT2D eigenvalue weighted by Crippen LogP contribution is 2.20. The molecule has 4 rings (SSSR count). The number of benzene rings is 1. The van der Waals surface area contributed by atoms with E-state index < -0.39 is 21.8 Å². The summed E-state index contributed by atoms with van der Waals surface area (Å²) in [7, 11) is -3.09. The van der Waals surface area contributed by atoms with Crippen molar-refractivity contribution in [1.82, 2.24) is 24.8 Å². The summed E-state index contributed by atoms with van der Waals surface area (Å²) in [6, 6.07) is 10.6. The zero-order valence-electron chi connectivity index (χ0n) is 16.4. The predicted octanol–water partition coefficient (Wildman–Crippen LogP) is 0.772. The van der Waals surface area contributed by atoms with Crippen molar-refractivity contribution in [3.05, 3.63) is 54.4 Å². The second kappa shape index (κ2) is 7.86. The first-order valence-corrected chi connectivity index (χ1v) is 11.4. The largest absolute Gasteiger partial charge is 0.340 e. The Balaban J connectivity index is 1.52. The Bertz CT molecular complexity index is 1190. The van der Waals surface area contributed by atoms with Gasteiger partial charge in [-0.2, -0.15) is 5.10 Å². The molecule has 1 atom stereocenters. The normalized spacial score (nSPS) is 16.9. The molecule has 1 aliphatic heterocycles. The summed E-state index contributed by atoms with van der Waals surface area (Å²) in [5, 5.41) is 6.98. The van der Waals surface area contributed by atoms with Gasteiger partial charge in [0.25, 0.3) is 5.91 Å². The Kier molecular flexibility index (Phi) is 5.25. The number of nitrogens with one attached hydrogen (secondary N) is 1. The lowest BCUT2D eigenvalue weighted by atomic mass is 10.1. The Hall–Kier alpha value is -3.27. The Morgan fingerprint density at radius 2 is 1.80 bits per heavy atom. The minimum absolute atomic E-state index is 0.0559. The Morgan fingerprint density at radius 1 is 1.10 bits per heavy atom. The van der Waals surface area contributed by atoms with Crippen molar-refractivity contribution in [2.24, 2.45) is 0 Å². The summed E-state index contributed by atoms with van der Waals surface area (Å²) < 4.78 is 24.7. The van der Waals surface area contributed by atoms with Crippen LogP contribution in [0.15, 0.2) is 48.8 Å². The smallest absolute Gasteiger partial charge is 0.257 e. The first kappa shape index (κ1) is 20.0. The van der Waals surface area contributed by atoms with E-state index in [9.17, 15) is 18.0 Å². The van der Waals surface area contributed by atoms with Crippen molar-refractivity contribution in [3.63, 3.8) is 0 Å². The van der Waals surface area contributed by atoms with Crippen molar-refractivity contribution < 1.29 is 18.0 Å². The van der Waals surface area contributed by atoms with Gasteiger partial charge in [-0.15, -0.1) is 0 Å². The molecule has 0 radical (unpaired) electrons. The van der Waals surface area contributed by atoms with Gasteiger partial charge in [-0.1, -0.05) is 30.3 Å². The van der Waals surface area contributed by atoms with E-state index in [-0.39, 0.29) is 36.1 Å². The number of hydrogen-bond acceptors (Lipinski definition) is 6. The molecule has 1 N–H and O–H groups in total. The highest BCUT2D eigenvalue weighted by atomic mass is 32.2. The van der Waals surface area contributed by atoms with Crippen LogP contribution in [-0.2, 0) is 14.6 Å². The monoisotopic (exact) mass is 427 g/mol. The fourth-order valence-corrected chi connectivity index (χ4v) is 4.62. The number of nitrogens with zero attached hydrogens (tertiary/aromatic N) is 4. The summed E-state index contributed by atoms with van der Waals surface area (Å²) in [5.74, 6) is -0.889. The molecule has 2 aromatic heterocycles. The van der Waals surface area contributed by atoms with Gasteiger partial charge in [-0.05, 0) is 13.0 Å². The summed E-state index contributed by atoms with van der Waals surface area (Å²) in [5.41, 5.74) is 2.37. The van der Waals surface area contributed by atoms with Gasteiger partial charge in [0.15, 0.2) is 15.5 Å². The zero-order valence-corrected chi connectivity index (χ0v) is 17.2. The SMILES string of the molecule is CC(NC(=O)c1cnn2c(-c3ccccc3)ccnc12)C(=O)N1CCS(=O)(=O)CC1. The quantitative estimate of drug-likeness (QED) is 0.658. The summed E-state index contributed by atoms with van der Waals surface area (Å²) in [6.45, 7) is 1.86. The summed E-state index contributed by atoms with van der Waals surface area (Å²) in [6.07, 6.45) is 3.04. The fourth-order valence-electron chi connectivity index (χ4n) is 3.42. The molecule has 30 heavy (non-hydrogen) atoms. The topological polar surface area (TPSA) is 114 Å². The molecule has 0 bridgehead atoms. The van der Waals surface area contributed by atoms with Gasteiger partial charge in [-0.25, -0.2) is 17.9 Å². The Labute approximate surface area is 173 Å². The van der Waals surface area contributed by atoms with Crippen molar-refractivity contribution in [1.29, 1.82) is 0 Å². The fraction of sp³-hybridized carbons (Fsp3) is 0.300. The molecule has 1 fully saturated rings. The maximum atomic E-state index is 12.8. The maximum Gasteiger partial charge on any atom is 0.257 e. The average molecular weight is 427 g/mol. The molecular formula is C20H21N5O4S. The van der Waals surface area contributed by atoms with Crippen LogP contribution in [0.3, 0.4) is 0 Å². The number of sulfone groups is 1. The summed E-state index contributed by atoms with van der Waals surface area (Å²) >= 11 is 0. The van der Waals surface area contributed by atoms with Crippen molar-refractivity contribution in [2.45, 2.75) is 13.0 Å². The average Bonchev–Trinajstić information content (AvgIpc) is 3.18. The second-order valence-electron chi connectivity index (χ2n) is 7.16. The molecule has 0 aliphatic carbocycles. The molecule has 3 heterocycles. The molecule has 1 aromatic carbocycles. The number of carbonyl (C=O) groups is 2. The standard InChI is InChI=1S/C20H21N5O4S/c1-14(20(27)24-9-11-30(28,29)12-10-24)23-19(26)16-13-22-25-17(7-8-21-18(16)25)15-5-3-2-4-6-15/h2-8,13-14H,9-12H2,1H3,(H,23,26). The summed E-state index contributed by atoms with van der Waals surface area (Å²) in [4.78, 5) is 31.1. The van der Waals surface area contributed by atoms with E-state index in [1.807, 2.05) is 36.4 Å². The maximum absolute atomic E-state index is 12.8. The molecule has 9 nitrogen and oxygen atoms in total. The lowest BCUT2D eigenvalue weighted by Gasteiger charge is -2.29. The molecule has 1 saturated heterocycles. The molecular weight excluding hydrogens is 406 g/mol. The molecule has 156 valence electrons. The lowest BCUT2D eigenvalue weighted by molar-refractivity contribution is -0.132.